The summed E-state index contributed by atoms with van der Waals surface area (Å²) in [5, 5.41) is 2.79. The zero-order chi connectivity index (χ0) is 11.4. The number of allylic oxidation sites excluding steroid dienone is 1. The fourth-order valence-electron chi connectivity index (χ4n) is 1.22. The zero-order valence-corrected chi connectivity index (χ0v) is 10.5. The average molecular weight is 219 g/mol. The number of hydrogen-bond donors (Lipinski definition) is 1. The summed E-state index contributed by atoms with van der Waals surface area (Å²) < 4.78 is 22.7. The molecule has 0 bridgehead atoms. The van der Waals surface area contributed by atoms with Crippen LogP contribution in [0.5, 0.6) is 0 Å². The largest absolute Gasteiger partial charge is 0.310 e. The molecule has 0 fully saturated rings. The predicted octanol–water partition coefficient (Wildman–Crippen LogP) is 1.36. The van der Waals surface area contributed by atoms with Crippen LogP contribution in [0, 0.1) is 0 Å². The Morgan fingerprint density at radius 3 is 2.21 bits per heavy atom. The maximum Gasteiger partial charge on any atom is 0.151 e. The minimum Gasteiger partial charge on any atom is -0.310 e. The van der Waals surface area contributed by atoms with Crippen molar-refractivity contribution in [2.45, 2.75) is 39.0 Å². The first-order chi connectivity index (χ1) is 6.29. The lowest BCUT2D eigenvalue weighted by molar-refractivity contribution is 0.549. The van der Waals surface area contributed by atoms with E-state index in [2.05, 4.69) is 5.32 Å². The number of hydrogen-bond acceptors (Lipinski definition) is 3. The standard InChI is InChI=1S/C10H21NO2S/c1-6-11-10(7-8(2)3)9(4)14(5,12)13/h7,9-11H,6H2,1-5H3. The summed E-state index contributed by atoms with van der Waals surface area (Å²) in [5.41, 5.74) is 1.13. The molecule has 0 aromatic heterocycles. The molecule has 84 valence electrons. The summed E-state index contributed by atoms with van der Waals surface area (Å²) in [4.78, 5) is 0. The van der Waals surface area contributed by atoms with Gasteiger partial charge in [-0.25, -0.2) is 8.42 Å². The third-order valence-electron chi connectivity index (χ3n) is 2.13. The maximum atomic E-state index is 11.4. The number of likely N-dealkylation sites (N-methyl/N-ethyl adjacent to an activating group) is 1. The molecule has 3 nitrogen and oxygen atoms in total. The molecule has 0 radical (unpaired) electrons. The van der Waals surface area contributed by atoms with Gasteiger partial charge in [0, 0.05) is 12.3 Å². The molecule has 2 unspecified atom stereocenters. The van der Waals surface area contributed by atoms with Crippen LogP contribution < -0.4 is 5.32 Å². The molecule has 0 aliphatic carbocycles. The van der Waals surface area contributed by atoms with E-state index in [9.17, 15) is 8.42 Å². The molecule has 0 amide bonds. The molecule has 1 N–H and O–H groups in total. The van der Waals surface area contributed by atoms with Gasteiger partial charge >= 0.3 is 0 Å². The number of rotatable bonds is 5. The van der Waals surface area contributed by atoms with Crippen molar-refractivity contribution in [1.29, 1.82) is 0 Å². The topological polar surface area (TPSA) is 46.2 Å². The van der Waals surface area contributed by atoms with E-state index in [1.165, 1.54) is 6.26 Å². The molecule has 0 saturated carbocycles. The van der Waals surface area contributed by atoms with E-state index in [0.29, 0.717) is 0 Å². The number of sulfone groups is 1. The number of nitrogens with one attached hydrogen (secondary N) is 1. The first kappa shape index (κ1) is 13.7. The monoisotopic (exact) mass is 219 g/mol. The van der Waals surface area contributed by atoms with Crippen LogP contribution in [0.1, 0.15) is 27.7 Å². The molecule has 0 rings (SSSR count). The molecule has 0 saturated heterocycles. The van der Waals surface area contributed by atoms with E-state index >= 15 is 0 Å². The molecule has 0 aromatic rings. The predicted molar refractivity (Wildman–Crippen MR) is 61.2 cm³/mol. The Morgan fingerprint density at radius 2 is 1.93 bits per heavy atom. The van der Waals surface area contributed by atoms with Crippen molar-refractivity contribution in [2.24, 2.45) is 0 Å². The third kappa shape index (κ3) is 4.77. The molecule has 0 aliphatic rings. The molecule has 0 aromatic carbocycles. The molecule has 0 heterocycles. The van der Waals surface area contributed by atoms with Crippen LogP contribution in [0.15, 0.2) is 11.6 Å². The summed E-state index contributed by atoms with van der Waals surface area (Å²) in [5.74, 6) is 0. The van der Waals surface area contributed by atoms with Crippen molar-refractivity contribution < 1.29 is 8.42 Å². The Hall–Kier alpha value is -0.350. The summed E-state index contributed by atoms with van der Waals surface area (Å²) in [6.07, 6.45) is 3.25. The van der Waals surface area contributed by atoms with Gasteiger partial charge in [-0.1, -0.05) is 18.6 Å². The van der Waals surface area contributed by atoms with Gasteiger partial charge in [0.1, 0.15) is 0 Å². The van der Waals surface area contributed by atoms with Gasteiger partial charge in [0.25, 0.3) is 0 Å². The van der Waals surface area contributed by atoms with Crippen molar-refractivity contribution in [1.82, 2.24) is 5.32 Å². The highest BCUT2D eigenvalue weighted by Gasteiger charge is 2.23. The summed E-state index contributed by atoms with van der Waals surface area (Å²) in [7, 11) is -2.98. The summed E-state index contributed by atoms with van der Waals surface area (Å²) in [6.45, 7) is 8.43. The van der Waals surface area contributed by atoms with Gasteiger partial charge in [-0.15, -0.1) is 0 Å². The lowest BCUT2D eigenvalue weighted by Crippen LogP contribution is -2.40. The second kappa shape index (κ2) is 5.51. The van der Waals surface area contributed by atoms with Crippen LogP contribution in [0.25, 0.3) is 0 Å². The highest BCUT2D eigenvalue weighted by atomic mass is 32.2. The second-order valence-corrected chi connectivity index (χ2v) is 6.26. The van der Waals surface area contributed by atoms with Crippen LogP contribution in [0.4, 0.5) is 0 Å². The fourth-order valence-corrected chi connectivity index (χ4v) is 1.93. The van der Waals surface area contributed by atoms with Gasteiger partial charge in [0.15, 0.2) is 9.84 Å². The van der Waals surface area contributed by atoms with E-state index < -0.39 is 9.84 Å². The zero-order valence-electron chi connectivity index (χ0n) is 9.66. The molecule has 0 aliphatic heterocycles. The molecule has 2 atom stereocenters. The van der Waals surface area contributed by atoms with Crippen LogP contribution in [0.2, 0.25) is 0 Å². The van der Waals surface area contributed by atoms with E-state index in [0.717, 1.165) is 12.1 Å². The van der Waals surface area contributed by atoms with E-state index in [1.54, 1.807) is 6.92 Å². The Morgan fingerprint density at radius 1 is 1.43 bits per heavy atom. The first-order valence-corrected chi connectivity index (χ1v) is 6.81. The minimum atomic E-state index is -2.98. The van der Waals surface area contributed by atoms with Crippen LogP contribution in [0.3, 0.4) is 0 Å². The molecular weight excluding hydrogens is 198 g/mol. The molecule has 0 spiro atoms. The lowest BCUT2D eigenvalue weighted by atomic mass is 10.1. The Balaban J connectivity index is 4.75. The molecular formula is C10H21NO2S. The highest BCUT2D eigenvalue weighted by molar-refractivity contribution is 7.91. The lowest BCUT2D eigenvalue weighted by Gasteiger charge is -2.20. The second-order valence-electron chi connectivity index (χ2n) is 3.86. The van der Waals surface area contributed by atoms with Crippen LogP contribution in [-0.2, 0) is 9.84 Å². The van der Waals surface area contributed by atoms with Gasteiger partial charge in [-0.3, -0.25) is 0 Å². The summed E-state index contributed by atoms with van der Waals surface area (Å²) >= 11 is 0. The van der Waals surface area contributed by atoms with Gasteiger partial charge in [0.2, 0.25) is 0 Å². The van der Waals surface area contributed by atoms with E-state index in [1.807, 2.05) is 26.8 Å². The van der Waals surface area contributed by atoms with Crippen LogP contribution in [-0.4, -0.2) is 32.5 Å². The van der Waals surface area contributed by atoms with Gasteiger partial charge in [-0.2, -0.15) is 0 Å². The Bertz CT molecular complexity index is 289. The maximum absolute atomic E-state index is 11.4. The van der Waals surface area contributed by atoms with Crippen LogP contribution >= 0.6 is 0 Å². The molecule has 4 heteroatoms. The quantitative estimate of drug-likeness (QED) is 0.710. The van der Waals surface area contributed by atoms with Gasteiger partial charge in [-0.05, 0) is 27.3 Å². The Kier molecular flexibility index (Phi) is 5.37. The van der Waals surface area contributed by atoms with Gasteiger partial charge < -0.3 is 5.32 Å². The SMILES string of the molecule is CCNC(C=C(C)C)C(C)S(C)(=O)=O. The van der Waals surface area contributed by atoms with Gasteiger partial charge in [0.05, 0.1) is 5.25 Å². The van der Waals surface area contributed by atoms with Crippen molar-refractivity contribution >= 4 is 9.84 Å². The van der Waals surface area contributed by atoms with Crippen molar-refractivity contribution in [2.75, 3.05) is 12.8 Å². The fraction of sp³-hybridized carbons (Fsp3) is 0.800. The van der Waals surface area contributed by atoms with E-state index in [-0.39, 0.29) is 11.3 Å². The summed E-state index contributed by atoms with van der Waals surface area (Å²) in [6, 6.07) is -0.0833. The first-order valence-electron chi connectivity index (χ1n) is 4.86. The smallest absolute Gasteiger partial charge is 0.151 e. The average Bonchev–Trinajstić information content (AvgIpc) is 2.00. The van der Waals surface area contributed by atoms with Crippen molar-refractivity contribution in [3.8, 4) is 0 Å². The highest BCUT2D eigenvalue weighted by Crippen LogP contribution is 2.08. The van der Waals surface area contributed by atoms with Crippen molar-refractivity contribution in [3.05, 3.63) is 11.6 Å². The normalized spacial score (nSPS) is 16.1. The van der Waals surface area contributed by atoms with Crippen molar-refractivity contribution in [3.63, 3.8) is 0 Å². The third-order valence-corrected chi connectivity index (χ3v) is 3.78. The molecule has 14 heavy (non-hydrogen) atoms. The van der Waals surface area contributed by atoms with E-state index in [4.69, 9.17) is 0 Å². The minimum absolute atomic E-state index is 0.0833. The Labute approximate surface area is 87.5 Å².